The van der Waals surface area contributed by atoms with Crippen LogP contribution in [-0.4, -0.2) is 53.6 Å². The Morgan fingerprint density at radius 2 is 1.80 bits per heavy atom. The molecule has 1 fully saturated rings. The van der Waals surface area contributed by atoms with Crippen molar-refractivity contribution in [3.05, 3.63) is 33.8 Å². The molecule has 1 aromatic carbocycles. The van der Waals surface area contributed by atoms with Gasteiger partial charge < -0.3 is 14.5 Å². The van der Waals surface area contributed by atoms with Crippen molar-refractivity contribution in [1.82, 2.24) is 9.80 Å². The first-order chi connectivity index (χ1) is 11.7. The van der Waals surface area contributed by atoms with E-state index < -0.39 is 5.60 Å². The molecule has 0 aromatic heterocycles. The second-order valence-corrected chi connectivity index (χ2v) is 7.77. The number of nitriles is 1. The molecule has 134 valence electrons. The maximum atomic E-state index is 12.7. The van der Waals surface area contributed by atoms with E-state index in [1.807, 2.05) is 20.8 Å². The van der Waals surface area contributed by atoms with Crippen molar-refractivity contribution in [1.29, 1.82) is 5.26 Å². The predicted octanol–water partition coefficient (Wildman–Crippen LogP) is 3.40. The van der Waals surface area contributed by atoms with Crippen molar-refractivity contribution in [2.75, 3.05) is 26.2 Å². The van der Waals surface area contributed by atoms with Crippen LogP contribution in [0.3, 0.4) is 0 Å². The van der Waals surface area contributed by atoms with Crippen molar-refractivity contribution >= 4 is 27.9 Å². The molecule has 0 radical (unpaired) electrons. The average molecular weight is 408 g/mol. The monoisotopic (exact) mass is 407 g/mol. The van der Waals surface area contributed by atoms with Crippen LogP contribution in [0.15, 0.2) is 22.7 Å². The number of benzene rings is 1. The van der Waals surface area contributed by atoms with Crippen LogP contribution in [0.5, 0.6) is 0 Å². The van der Waals surface area contributed by atoms with E-state index in [4.69, 9.17) is 10.00 Å². The van der Waals surface area contributed by atoms with E-state index in [1.165, 1.54) is 0 Å². The van der Waals surface area contributed by atoms with Gasteiger partial charge in [-0.05, 0) is 61.3 Å². The van der Waals surface area contributed by atoms with Gasteiger partial charge in [-0.3, -0.25) is 4.79 Å². The zero-order valence-corrected chi connectivity index (χ0v) is 16.3. The van der Waals surface area contributed by atoms with E-state index in [2.05, 4.69) is 22.0 Å². The lowest BCUT2D eigenvalue weighted by Gasteiger charge is -2.26. The van der Waals surface area contributed by atoms with E-state index in [9.17, 15) is 9.59 Å². The zero-order valence-electron chi connectivity index (χ0n) is 14.7. The number of halogens is 1. The fraction of sp³-hybridized carbons (Fsp3) is 0.500. The molecular weight excluding hydrogens is 386 g/mol. The Kier molecular flexibility index (Phi) is 6.07. The molecule has 0 unspecified atom stereocenters. The Hall–Kier alpha value is -2.07. The van der Waals surface area contributed by atoms with Gasteiger partial charge in [0, 0.05) is 36.2 Å². The van der Waals surface area contributed by atoms with Crippen molar-refractivity contribution in [2.45, 2.75) is 32.8 Å². The van der Waals surface area contributed by atoms with E-state index >= 15 is 0 Å². The molecule has 0 N–H and O–H groups in total. The summed E-state index contributed by atoms with van der Waals surface area (Å²) in [6, 6.07) is 7.05. The molecule has 1 aromatic rings. The van der Waals surface area contributed by atoms with E-state index in [0.717, 1.165) is 0 Å². The quantitative estimate of drug-likeness (QED) is 0.714. The van der Waals surface area contributed by atoms with Crippen LogP contribution < -0.4 is 0 Å². The molecular formula is C18H22BrN3O3. The Morgan fingerprint density at radius 3 is 2.44 bits per heavy atom. The second-order valence-electron chi connectivity index (χ2n) is 6.92. The Labute approximate surface area is 156 Å². The standard InChI is InChI=1S/C18H22BrN3O3/c1-18(2,3)25-17(24)22-8-4-7-21(9-10-22)16(23)13-5-6-15(19)14(11-13)12-20/h5-6,11H,4,7-10H2,1-3H3. The molecule has 6 nitrogen and oxygen atoms in total. The van der Waals surface area contributed by atoms with Crippen LogP contribution in [0.1, 0.15) is 43.1 Å². The van der Waals surface area contributed by atoms with Gasteiger partial charge in [-0.1, -0.05) is 0 Å². The van der Waals surface area contributed by atoms with Gasteiger partial charge in [0.25, 0.3) is 5.91 Å². The van der Waals surface area contributed by atoms with Gasteiger partial charge in [0.2, 0.25) is 0 Å². The summed E-state index contributed by atoms with van der Waals surface area (Å²) in [6.45, 7) is 7.49. The minimum Gasteiger partial charge on any atom is -0.444 e. The Balaban J connectivity index is 2.04. The molecule has 0 spiro atoms. The summed E-state index contributed by atoms with van der Waals surface area (Å²) in [5.41, 5.74) is 0.367. The van der Waals surface area contributed by atoms with Crippen molar-refractivity contribution in [2.24, 2.45) is 0 Å². The van der Waals surface area contributed by atoms with Gasteiger partial charge in [-0.25, -0.2) is 4.79 Å². The first-order valence-electron chi connectivity index (χ1n) is 8.18. The van der Waals surface area contributed by atoms with E-state index in [0.29, 0.717) is 48.2 Å². The third-order valence-corrected chi connectivity index (χ3v) is 4.46. The SMILES string of the molecule is CC(C)(C)OC(=O)N1CCCN(C(=O)c2ccc(Br)c(C#N)c2)CC1. The van der Waals surface area contributed by atoms with Crippen molar-refractivity contribution in [3.8, 4) is 6.07 Å². The smallest absolute Gasteiger partial charge is 0.410 e. The van der Waals surface area contributed by atoms with Crippen LogP contribution in [0.4, 0.5) is 4.79 Å². The van der Waals surface area contributed by atoms with Crippen LogP contribution in [-0.2, 0) is 4.74 Å². The summed E-state index contributed by atoms with van der Waals surface area (Å²) >= 11 is 3.29. The lowest BCUT2D eigenvalue weighted by atomic mass is 10.1. The number of carbonyl (C=O) groups excluding carboxylic acids is 2. The number of amides is 2. The van der Waals surface area contributed by atoms with Gasteiger partial charge >= 0.3 is 6.09 Å². The number of ether oxygens (including phenoxy) is 1. The summed E-state index contributed by atoms with van der Waals surface area (Å²) in [4.78, 5) is 28.3. The minimum absolute atomic E-state index is 0.130. The lowest BCUT2D eigenvalue weighted by Crippen LogP contribution is -2.40. The number of hydrogen-bond donors (Lipinski definition) is 0. The van der Waals surface area contributed by atoms with Crippen molar-refractivity contribution in [3.63, 3.8) is 0 Å². The molecule has 0 aliphatic carbocycles. The number of hydrogen-bond acceptors (Lipinski definition) is 4. The summed E-state index contributed by atoms with van der Waals surface area (Å²) in [7, 11) is 0. The number of rotatable bonds is 1. The van der Waals surface area contributed by atoms with Gasteiger partial charge in [0.15, 0.2) is 0 Å². The molecule has 1 aliphatic heterocycles. The second kappa shape index (κ2) is 7.87. The van der Waals surface area contributed by atoms with Crippen LogP contribution in [0.25, 0.3) is 0 Å². The number of carbonyl (C=O) groups is 2. The predicted molar refractivity (Wildman–Crippen MR) is 97.2 cm³/mol. The summed E-state index contributed by atoms with van der Waals surface area (Å²) in [5.74, 6) is -0.130. The maximum Gasteiger partial charge on any atom is 0.410 e. The molecule has 0 bridgehead atoms. The van der Waals surface area contributed by atoms with Crippen LogP contribution in [0.2, 0.25) is 0 Å². The van der Waals surface area contributed by atoms with Crippen molar-refractivity contribution < 1.29 is 14.3 Å². The molecule has 0 saturated carbocycles. The molecule has 7 heteroatoms. The largest absolute Gasteiger partial charge is 0.444 e. The van der Waals surface area contributed by atoms with Gasteiger partial charge in [-0.2, -0.15) is 5.26 Å². The van der Waals surface area contributed by atoms with Gasteiger partial charge in [0.05, 0.1) is 5.56 Å². The highest BCUT2D eigenvalue weighted by Gasteiger charge is 2.26. The molecule has 2 rings (SSSR count). The van der Waals surface area contributed by atoms with Crippen LogP contribution >= 0.6 is 15.9 Å². The molecule has 1 aliphatic rings. The topological polar surface area (TPSA) is 73.6 Å². The van der Waals surface area contributed by atoms with Gasteiger partial charge in [0.1, 0.15) is 11.7 Å². The first kappa shape index (κ1) is 19.3. The van der Waals surface area contributed by atoms with Gasteiger partial charge in [-0.15, -0.1) is 0 Å². The molecule has 1 heterocycles. The molecule has 25 heavy (non-hydrogen) atoms. The van der Waals surface area contributed by atoms with E-state index in [-0.39, 0.29) is 12.0 Å². The molecule has 2 amide bonds. The minimum atomic E-state index is -0.538. The lowest BCUT2D eigenvalue weighted by molar-refractivity contribution is 0.0255. The Morgan fingerprint density at radius 1 is 1.16 bits per heavy atom. The highest BCUT2D eigenvalue weighted by Crippen LogP contribution is 2.19. The maximum absolute atomic E-state index is 12.7. The normalized spacial score (nSPS) is 15.3. The fourth-order valence-corrected chi connectivity index (χ4v) is 2.89. The highest BCUT2D eigenvalue weighted by atomic mass is 79.9. The first-order valence-corrected chi connectivity index (χ1v) is 8.97. The fourth-order valence-electron chi connectivity index (χ4n) is 2.56. The zero-order chi connectivity index (χ0) is 18.6. The third-order valence-electron chi connectivity index (χ3n) is 3.77. The number of nitrogens with zero attached hydrogens (tertiary/aromatic N) is 3. The summed E-state index contributed by atoms with van der Waals surface area (Å²) in [6.07, 6.45) is 0.337. The van der Waals surface area contributed by atoms with E-state index in [1.54, 1.807) is 28.0 Å². The summed E-state index contributed by atoms with van der Waals surface area (Å²) < 4.78 is 6.06. The van der Waals surface area contributed by atoms with Crippen LogP contribution in [0, 0.1) is 11.3 Å². The molecule has 1 saturated heterocycles. The highest BCUT2D eigenvalue weighted by molar-refractivity contribution is 9.10. The molecule has 0 atom stereocenters. The Bertz CT molecular complexity index is 706. The average Bonchev–Trinajstić information content (AvgIpc) is 2.79. The third kappa shape index (κ3) is 5.20. The summed E-state index contributed by atoms with van der Waals surface area (Å²) in [5, 5.41) is 9.11.